The number of rotatable bonds is 3. The normalized spacial score (nSPS) is 15.8. The van der Waals surface area contributed by atoms with Gasteiger partial charge in [0.15, 0.2) is 0 Å². The average Bonchev–Trinajstić information content (AvgIpc) is 3.41. The summed E-state index contributed by atoms with van der Waals surface area (Å²) in [6.45, 7) is 0. The number of benzene rings is 2. The fraction of sp³-hybridized carbons (Fsp3) is 0.100. The number of nitrogens with zero attached hydrogens (tertiary/aromatic N) is 4. The van der Waals surface area contributed by atoms with Crippen LogP contribution in [0.1, 0.15) is 22.6 Å². The average molecular weight is 386 g/mol. The first kappa shape index (κ1) is 16.5. The van der Waals surface area contributed by atoms with Crippen molar-refractivity contribution in [3.05, 3.63) is 70.9 Å². The molecular weight excluding hydrogens is 372 g/mol. The molecule has 0 aliphatic carbocycles. The Morgan fingerprint density at radius 3 is 2.89 bits per heavy atom. The third-order valence-electron chi connectivity index (χ3n) is 4.89. The molecule has 28 heavy (non-hydrogen) atoms. The highest BCUT2D eigenvalue weighted by molar-refractivity contribution is 7.00. The van der Waals surface area contributed by atoms with E-state index in [0.717, 1.165) is 45.0 Å². The van der Waals surface area contributed by atoms with Crippen LogP contribution in [-0.4, -0.2) is 26.1 Å². The van der Waals surface area contributed by atoms with Crippen molar-refractivity contribution >= 4 is 34.3 Å². The molecule has 0 saturated carbocycles. The van der Waals surface area contributed by atoms with Gasteiger partial charge in [-0.1, -0.05) is 24.3 Å². The largest absolute Gasteiger partial charge is 0.497 e. The van der Waals surface area contributed by atoms with E-state index in [9.17, 15) is 5.26 Å². The second kappa shape index (κ2) is 6.48. The first-order valence-electron chi connectivity index (χ1n) is 8.60. The number of H-pyrrole nitrogens is 1. The standard InChI is InChI=1S/C20H14N6OS/c1-27-12-5-2-4-11(8-12)18-14(9-21)17(15-10-22-24-20(15)23-18)13-6-3-7-16-19(13)26-28-25-16/h2-8,10,17H,1H3,(H2,22,23,24). The van der Waals surface area contributed by atoms with Crippen LogP contribution in [0, 0.1) is 11.3 Å². The SMILES string of the molecule is COc1cccc(C2=C(C#N)C(c3cccc4nsnc34)c3cn[nH]c3N2)c1. The van der Waals surface area contributed by atoms with E-state index in [4.69, 9.17) is 4.74 Å². The van der Waals surface area contributed by atoms with E-state index in [-0.39, 0.29) is 5.92 Å². The Balaban J connectivity index is 1.78. The first-order chi connectivity index (χ1) is 13.8. The summed E-state index contributed by atoms with van der Waals surface area (Å²) in [7, 11) is 1.62. The fourth-order valence-electron chi connectivity index (χ4n) is 3.62. The molecule has 4 aromatic rings. The summed E-state index contributed by atoms with van der Waals surface area (Å²) in [5.41, 5.74) is 5.67. The van der Waals surface area contributed by atoms with Crippen molar-refractivity contribution in [2.75, 3.05) is 12.4 Å². The molecular formula is C20H14N6OS. The van der Waals surface area contributed by atoms with E-state index in [2.05, 4.69) is 30.3 Å². The smallest absolute Gasteiger partial charge is 0.130 e. The van der Waals surface area contributed by atoms with Crippen molar-refractivity contribution in [1.29, 1.82) is 5.26 Å². The maximum atomic E-state index is 10.1. The van der Waals surface area contributed by atoms with Crippen LogP contribution in [0.3, 0.4) is 0 Å². The number of aromatic nitrogens is 4. The van der Waals surface area contributed by atoms with Crippen LogP contribution in [-0.2, 0) is 0 Å². The summed E-state index contributed by atoms with van der Waals surface area (Å²) in [5, 5.41) is 20.7. The topological polar surface area (TPSA) is 99.5 Å². The quantitative estimate of drug-likeness (QED) is 0.554. The number of hydrogen-bond acceptors (Lipinski definition) is 7. The molecule has 3 heterocycles. The molecule has 2 N–H and O–H groups in total. The number of allylic oxidation sites excluding steroid dienone is 1. The summed E-state index contributed by atoms with van der Waals surface area (Å²) < 4.78 is 14.2. The number of nitriles is 1. The zero-order valence-corrected chi connectivity index (χ0v) is 15.6. The van der Waals surface area contributed by atoms with Gasteiger partial charge in [0.25, 0.3) is 0 Å². The molecule has 0 amide bonds. The van der Waals surface area contributed by atoms with Gasteiger partial charge in [0.1, 0.15) is 22.6 Å². The van der Waals surface area contributed by atoms with Gasteiger partial charge < -0.3 is 10.1 Å². The lowest BCUT2D eigenvalue weighted by Crippen LogP contribution is -2.17. The van der Waals surface area contributed by atoms with E-state index < -0.39 is 0 Å². The highest BCUT2D eigenvalue weighted by Crippen LogP contribution is 2.44. The molecule has 1 aliphatic heterocycles. The Morgan fingerprint density at radius 2 is 2.04 bits per heavy atom. The predicted molar refractivity (Wildman–Crippen MR) is 107 cm³/mol. The van der Waals surface area contributed by atoms with Crippen LogP contribution < -0.4 is 10.1 Å². The van der Waals surface area contributed by atoms with Crippen LogP contribution >= 0.6 is 11.7 Å². The lowest BCUT2D eigenvalue weighted by Gasteiger charge is -2.26. The summed E-state index contributed by atoms with van der Waals surface area (Å²) in [6.07, 6.45) is 1.76. The summed E-state index contributed by atoms with van der Waals surface area (Å²) in [5.74, 6) is 1.19. The molecule has 1 atom stereocenters. The molecule has 1 aliphatic rings. The molecule has 0 fully saturated rings. The van der Waals surface area contributed by atoms with Crippen molar-refractivity contribution in [2.45, 2.75) is 5.92 Å². The number of fused-ring (bicyclic) bond motifs is 2. The van der Waals surface area contributed by atoms with E-state index in [0.29, 0.717) is 5.57 Å². The van der Waals surface area contributed by atoms with Gasteiger partial charge in [-0.3, -0.25) is 5.10 Å². The van der Waals surface area contributed by atoms with Crippen molar-refractivity contribution in [1.82, 2.24) is 18.9 Å². The minimum absolute atomic E-state index is 0.297. The maximum Gasteiger partial charge on any atom is 0.130 e. The lowest BCUT2D eigenvalue weighted by molar-refractivity contribution is 0.414. The molecule has 1 unspecified atom stereocenters. The van der Waals surface area contributed by atoms with Crippen molar-refractivity contribution < 1.29 is 4.74 Å². The third kappa shape index (κ3) is 2.45. The van der Waals surface area contributed by atoms with Crippen LogP contribution in [0.4, 0.5) is 5.82 Å². The molecule has 0 radical (unpaired) electrons. The number of aromatic amines is 1. The number of methoxy groups -OCH3 is 1. The molecule has 0 spiro atoms. The number of hydrogen-bond donors (Lipinski definition) is 2. The molecule has 5 rings (SSSR count). The first-order valence-corrected chi connectivity index (χ1v) is 9.33. The van der Waals surface area contributed by atoms with E-state index in [1.165, 1.54) is 11.7 Å². The van der Waals surface area contributed by atoms with Gasteiger partial charge in [0, 0.05) is 11.1 Å². The molecule has 0 saturated heterocycles. The van der Waals surface area contributed by atoms with Gasteiger partial charge in [0.2, 0.25) is 0 Å². The Labute approximate surface area is 164 Å². The van der Waals surface area contributed by atoms with Crippen molar-refractivity contribution in [2.24, 2.45) is 0 Å². The third-order valence-corrected chi connectivity index (χ3v) is 5.44. The molecule has 2 aromatic carbocycles. The second-order valence-electron chi connectivity index (χ2n) is 6.37. The zero-order valence-electron chi connectivity index (χ0n) is 14.8. The second-order valence-corrected chi connectivity index (χ2v) is 6.90. The minimum Gasteiger partial charge on any atom is -0.497 e. The van der Waals surface area contributed by atoms with E-state index >= 15 is 0 Å². The van der Waals surface area contributed by atoms with Crippen LogP contribution in [0.2, 0.25) is 0 Å². The molecule has 8 heteroatoms. The fourth-order valence-corrected chi connectivity index (χ4v) is 4.17. The summed E-state index contributed by atoms with van der Waals surface area (Å²) in [4.78, 5) is 0. The number of nitrogens with one attached hydrogen (secondary N) is 2. The summed E-state index contributed by atoms with van der Waals surface area (Å²) >= 11 is 1.17. The maximum absolute atomic E-state index is 10.1. The van der Waals surface area contributed by atoms with Crippen molar-refractivity contribution in [3.63, 3.8) is 0 Å². The van der Waals surface area contributed by atoms with Crippen LogP contribution in [0.15, 0.2) is 54.2 Å². The number of anilines is 1. The van der Waals surface area contributed by atoms with E-state index in [1.54, 1.807) is 13.3 Å². The van der Waals surface area contributed by atoms with Gasteiger partial charge in [-0.15, -0.1) is 0 Å². The van der Waals surface area contributed by atoms with E-state index in [1.807, 2.05) is 42.5 Å². The predicted octanol–water partition coefficient (Wildman–Crippen LogP) is 3.92. The lowest BCUT2D eigenvalue weighted by atomic mass is 9.81. The Hall–Kier alpha value is -3.70. The Bertz CT molecular complexity index is 1260. The van der Waals surface area contributed by atoms with Gasteiger partial charge >= 0.3 is 0 Å². The molecule has 2 aromatic heterocycles. The number of ether oxygens (including phenoxy) is 1. The zero-order chi connectivity index (χ0) is 19.1. The molecule has 0 bridgehead atoms. The van der Waals surface area contributed by atoms with Crippen LogP contribution in [0.25, 0.3) is 16.7 Å². The van der Waals surface area contributed by atoms with Crippen molar-refractivity contribution in [3.8, 4) is 11.8 Å². The Morgan fingerprint density at radius 1 is 1.14 bits per heavy atom. The highest BCUT2D eigenvalue weighted by atomic mass is 32.1. The monoisotopic (exact) mass is 386 g/mol. The van der Waals surface area contributed by atoms with Gasteiger partial charge in [0.05, 0.1) is 48.3 Å². The van der Waals surface area contributed by atoms with Gasteiger partial charge in [-0.25, -0.2) is 0 Å². The van der Waals surface area contributed by atoms with Crippen LogP contribution in [0.5, 0.6) is 5.75 Å². The molecule has 7 nitrogen and oxygen atoms in total. The van der Waals surface area contributed by atoms with Gasteiger partial charge in [-0.05, 0) is 23.8 Å². The van der Waals surface area contributed by atoms with Gasteiger partial charge in [-0.2, -0.15) is 19.1 Å². The Kier molecular flexibility index (Phi) is 3.81. The highest BCUT2D eigenvalue weighted by Gasteiger charge is 2.33. The summed E-state index contributed by atoms with van der Waals surface area (Å²) in [6, 6.07) is 15.9. The minimum atomic E-state index is -0.297. The molecule has 136 valence electrons.